The zero-order valence-corrected chi connectivity index (χ0v) is 8.07. The Morgan fingerprint density at radius 3 is 2.10 bits per heavy atom. The van der Waals surface area contributed by atoms with Crippen molar-refractivity contribution in [1.29, 1.82) is 0 Å². The molecule has 0 amide bonds. The summed E-state index contributed by atoms with van der Waals surface area (Å²) >= 11 is 22.9. The van der Waals surface area contributed by atoms with E-state index in [2.05, 4.69) is 0 Å². The molecule has 0 radical (unpaired) electrons. The highest BCUT2D eigenvalue weighted by atomic mass is 35.5. The van der Waals surface area contributed by atoms with E-state index in [1.165, 1.54) is 0 Å². The second-order valence-electron chi connectivity index (χ2n) is 2.16. The van der Waals surface area contributed by atoms with Crippen molar-refractivity contribution in [1.82, 2.24) is 0 Å². The summed E-state index contributed by atoms with van der Waals surface area (Å²) in [5.74, 6) is 0.0988. The van der Waals surface area contributed by atoms with Crippen LogP contribution in [0.2, 0.25) is 0 Å². The Bertz CT molecular complexity index is 138. The lowest BCUT2D eigenvalue weighted by Gasteiger charge is -2.27. The molecule has 0 aromatic carbocycles. The molecular formula is C5H6Cl4O. The van der Waals surface area contributed by atoms with Gasteiger partial charge in [-0.3, -0.25) is 0 Å². The maximum absolute atomic E-state index is 5.83. The molecule has 0 N–H and O–H groups in total. The highest BCUT2D eigenvalue weighted by molar-refractivity contribution is 6.54. The lowest BCUT2D eigenvalue weighted by Crippen LogP contribution is -2.38. The average molecular weight is 224 g/mol. The second kappa shape index (κ2) is 2.87. The van der Waals surface area contributed by atoms with Crippen molar-refractivity contribution in [2.75, 3.05) is 12.5 Å². The van der Waals surface area contributed by atoms with Gasteiger partial charge < -0.3 is 4.74 Å². The van der Waals surface area contributed by atoms with Crippen LogP contribution >= 0.6 is 46.4 Å². The van der Waals surface area contributed by atoms with Crippen LogP contribution in [0.5, 0.6) is 0 Å². The third-order valence-corrected chi connectivity index (χ3v) is 3.73. The zero-order valence-electron chi connectivity index (χ0n) is 5.04. The molecule has 1 nitrogen and oxygen atoms in total. The first-order chi connectivity index (χ1) is 4.52. The molecule has 0 aromatic heterocycles. The summed E-state index contributed by atoms with van der Waals surface area (Å²) in [6, 6.07) is 0. The Labute approximate surface area is 79.5 Å². The SMILES string of the molecule is ClCC1(Cl)OCCC1(Cl)Cl. The van der Waals surface area contributed by atoms with Gasteiger partial charge in [0.05, 0.1) is 12.5 Å². The summed E-state index contributed by atoms with van der Waals surface area (Å²) in [4.78, 5) is 0. The second-order valence-corrected chi connectivity index (χ2v) is 4.53. The van der Waals surface area contributed by atoms with Gasteiger partial charge in [-0.1, -0.05) is 34.8 Å². The monoisotopic (exact) mass is 222 g/mol. The Kier molecular flexibility index (Phi) is 2.64. The number of ether oxygens (including phenoxy) is 1. The maximum atomic E-state index is 5.83. The van der Waals surface area contributed by atoms with Gasteiger partial charge in [-0.2, -0.15) is 0 Å². The number of hydrogen-bond donors (Lipinski definition) is 0. The summed E-state index contributed by atoms with van der Waals surface area (Å²) in [5.41, 5.74) is 0. The van der Waals surface area contributed by atoms with Crippen LogP contribution in [0, 0.1) is 0 Å². The van der Waals surface area contributed by atoms with Crippen molar-refractivity contribution in [2.45, 2.75) is 15.8 Å². The third-order valence-electron chi connectivity index (χ3n) is 1.46. The van der Waals surface area contributed by atoms with E-state index >= 15 is 0 Å². The first-order valence-corrected chi connectivity index (χ1v) is 4.45. The minimum Gasteiger partial charge on any atom is -0.355 e. The van der Waals surface area contributed by atoms with E-state index in [4.69, 9.17) is 51.1 Å². The molecule has 10 heavy (non-hydrogen) atoms. The van der Waals surface area contributed by atoms with Gasteiger partial charge in [0.25, 0.3) is 0 Å². The highest BCUT2D eigenvalue weighted by Crippen LogP contribution is 2.48. The maximum Gasteiger partial charge on any atom is 0.187 e. The van der Waals surface area contributed by atoms with Gasteiger partial charge in [-0.25, -0.2) is 0 Å². The average Bonchev–Trinajstić information content (AvgIpc) is 2.10. The lowest BCUT2D eigenvalue weighted by molar-refractivity contribution is 0.0897. The molecule has 1 rings (SSSR count). The minimum atomic E-state index is -1.10. The molecule has 0 aromatic rings. The molecule has 1 fully saturated rings. The molecule has 1 atom stereocenters. The van der Waals surface area contributed by atoms with Crippen LogP contribution in [0.15, 0.2) is 0 Å². The Balaban J connectivity index is 2.76. The van der Waals surface area contributed by atoms with Crippen molar-refractivity contribution in [3.63, 3.8) is 0 Å². The van der Waals surface area contributed by atoms with E-state index in [0.29, 0.717) is 13.0 Å². The van der Waals surface area contributed by atoms with Gasteiger partial charge in [0, 0.05) is 6.42 Å². The number of alkyl halides is 4. The first-order valence-electron chi connectivity index (χ1n) is 2.78. The van der Waals surface area contributed by atoms with Crippen LogP contribution in [-0.4, -0.2) is 21.9 Å². The van der Waals surface area contributed by atoms with E-state index in [-0.39, 0.29) is 5.88 Å². The molecule has 0 spiro atoms. The fourth-order valence-corrected chi connectivity index (χ4v) is 1.78. The summed E-state index contributed by atoms with van der Waals surface area (Å²) in [6.45, 7) is 0.462. The number of hydrogen-bond acceptors (Lipinski definition) is 1. The van der Waals surface area contributed by atoms with Crippen LogP contribution in [-0.2, 0) is 4.74 Å². The Morgan fingerprint density at radius 2 is 1.90 bits per heavy atom. The van der Waals surface area contributed by atoms with E-state index in [0.717, 1.165) is 0 Å². The summed E-state index contributed by atoms with van der Waals surface area (Å²) in [6.07, 6.45) is 0.520. The van der Waals surface area contributed by atoms with Gasteiger partial charge in [-0.05, 0) is 0 Å². The molecule has 1 aliphatic heterocycles. The number of halogens is 4. The molecule has 5 heteroatoms. The zero-order chi connectivity index (χ0) is 7.83. The predicted molar refractivity (Wildman–Crippen MR) is 44.3 cm³/mol. The fourth-order valence-electron chi connectivity index (χ4n) is 0.770. The van der Waals surface area contributed by atoms with E-state index < -0.39 is 9.39 Å². The molecule has 0 saturated carbocycles. The molecule has 0 bridgehead atoms. The van der Waals surface area contributed by atoms with Crippen molar-refractivity contribution < 1.29 is 4.74 Å². The van der Waals surface area contributed by atoms with Crippen LogP contribution in [0.4, 0.5) is 0 Å². The normalized spacial score (nSPS) is 38.4. The van der Waals surface area contributed by atoms with Gasteiger partial charge in [0.2, 0.25) is 0 Å². The fraction of sp³-hybridized carbons (Fsp3) is 1.00. The van der Waals surface area contributed by atoms with Crippen LogP contribution in [0.3, 0.4) is 0 Å². The topological polar surface area (TPSA) is 9.23 Å². The number of rotatable bonds is 1. The van der Waals surface area contributed by atoms with E-state index in [1.807, 2.05) is 0 Å². The van der Waals surface area contributed by atoms with Gasteiger partial charge in [0.15, 0.2) is 9.39 Å². The molecule has 1 saturated heterocycles. The minimum absolute atomic E-state index is 0.0988. The molecule has 1 unspecified atom stereocenters. The van der Waals surface area contributed by atoms with Crippen molar-refractivity contribution in [3.05, 3.63) is 0 Å². The predicted octanol–water partition coefficient (Wildman–Crippen LogP) is 2.75. The smallest absolute Gasteiger partial charge is 0.187 e. The molecule has 1 aliphatic rings. The van der Waals surface area contributed by atoms with Gasteiger partial charge in [-0.15, -0.1) is 11.6 Å². The Morgan fingerprint density at radius 1 is 1.30 bits per heavy atom. The van der Waals surface area contributed by atoms with Crippen molar-refractivity contribution in [3.8, 4) is 0 Å². The molecule has 0 aliphatic carbocycles. The summed E-state index contributed by atoms with van der Waals surface area (Å²) in [7, 11) is 0. The first kappa shape index (κ1) is 9.21. The largest absolute Gasteiger partial charge is 0.355 e. The molecule has 60 valence electrons. The Hall–Kier alpha value is 1.12. The standard InChI is InChI=1S/C5H6Cl4O/c6-3-5(9)4(7,8)1-2-10-5/h1-3H2. The van der Waals surface area contributed by atoms with Crippen molar-refractivity contribution in [2.24, 2.45) is 0 Å². The van der Waals surface area contributed by atoms with Gasteiger partial charge in [0.1, 0.15) is 0 Å². The van der Waals surface area contributed by atoms with Crippen LogP contribution in [0.1, 0.15) is 6.42 Å². The van der Waals surface area contributed by atoms with E-state index in [9.17, 15) is 0 Å². The summed E-state index contributed by atoms with van der Waals surface area (Å²) in [5, 5.41) is -1.10. The van der Waals surface area contributed by atoms with Crippen LogP contribution in [0.25, 0.3) is 0 Å². The van der Waals surface area contributed by atoms with Crippen molar-refractivity contribution >= 4 is 46.4 Å². The summed E-state index contributed by atoms with van der Waals surface area (Å²) < 4.78 is 4.03. The van der Waals surface area contributed by atoms with Gasteiger partial charge >= 0.3 is 0 Å². The molecule has 1 heterocycles. The van der Waals surface area contributed by atoms with Crippen LogP contribution < -0.4 is 0 Å². The highest BCUT2D eigenvalue weighted by Gasteiger charge is 2.53. The molecular weight excluding hydrogens is 218 g/mol. The third kappa shape index (κ3) is 1.35. The lowest BCUT2D eigenvalue weighted by atomic mass is 10.2. The quantitative estimate of drug-likeness (QED) is 0.622. The van der Waals surface area contributed by atoms with E-state index in [1.54, 1.807) is 0 Å².